The zero-order valence-corrected chi connectivity index (χ0v) is 27.3. The van der Waals surface area contributed by atoms with Crippen molar-refractivity contribution >= 4 is 27.5 Å². The number of amides is 2. The molecule has 242 valence electrons. The van der Waals surface area contributed by atoms with Crippen LogP contribution in [0.15, 0.2) is 109 Å². The fourth-order valence-electron chi connectivity index (χ4n) is 4.95. The zero-order valence-electron chi connectivity index (χ0n) is 26.5. The largest absolute Gasteiger partial charge is 0.497 e. The van der Waals surface area contributed by atoms with E-state index in [9.17, 15) is 18.0 Å². The first-order valence-electron chi connectivity index (χ1n) is 15.2. The molecular formula is C36H41N3O6S. The van der Waals surface area contributed by atoms with Gasteiger partial charge in [0.25, 0.3) is 0 Å². The molecule has 0 spiro atoms. The molecule has 0 unspecified atom stereocenters. The molecule has 10 heteroatoms. The minimum absolute atomic E-state index is 0.0664. The number of hydrogen-bond acceptors (Lipinski definition) is 6. The standard InChI is InChI=1S/C36H41N3O6S/c1-4-22-37-36(41)34(24-28-12-7-5-8-13-28)38(25-30-16-11-17-33(23-30)44-2)35(40)26-39(46(3,42)43)31-18-20-32(21-19-31)45-27-29-14-9-6-10-15-29/h5-21,23,34H,4,22,24-27H2,1-3H3,(H,37,41)/t34-/m1/s1. The molecule has 2 amide bonds. The van der Waals surface area contributed by atoms with Crippen molar-refractivity contribution in [3.05, 3.63) is 126 Å². The van der Waals surface area contributed by atoms with Gasteiger partial charge in [-0.1, -0.05) is 79.7 Å². The first-order valence-corrected chi connectivity index (χ1v) is 17.0. The van der Waals surface area contributed by atoms with Crippen LogP contribution in [0.5, 0.6) is 11.5 Å². The third-order valence-electron chi connectivity index (χ3n) is 7.36. The number of nitrogens with zero attached hydrogens (tertiary/aromatic N) is 2. The van der Waals surface area contributed by atoms with Gasteiger partial charge in [-0.05, 0) is 59.5 Å². The van der Waals surface area contributed by atoms with Crippen LogP contribution >= 0.6 is 0 Å². The van der Waals surface area contributed by atoms with Gasteiger partial charge in [0, 0.05) is 19.5 Å². The molecule has 4 aromatic rings. The molecule has 0 aliphatic carbocycles. The van der Waals surface area contributed by atoms with Crippen molar-refractivity contribution in [3.8, 4) is 11.5 Å². The molecule has 1 atom stereocenters. The Morgan fingerprint density at radius 2 is 1.43 bits per heavy atom. The quantitative estimate of drug-likeness (QED) is 0.180. The van der Waals surface area contributed by atoms with Crippen molar-refractivity contribution in [3.63, 3.8) is 0 Å². The van der Waals surface area contributed by atoms with Crippen LogP contribution < -0.4 is 19.1 Å². The Labute approximate surface area is 271 Å². The first-order chi connectivity index (χ1) is 22.2. The van der Waals surface area contributed by atoms with Gasteiger partial charge >= 0.3 is 0 Å². The molecule has 0 aliphatic rings. The Morgan fingerprint density at radius 1 is 0.804 bits per heavy atom. The van der Waals surface area contributed by atoms with E-state index in [1.807, 2.05) is 79.7 Å². The summed E-state index contributed by atoms with van der Waals surface area (Å²) in [5, 5.41) is 2.94. The molecule has 4 rings (SSSR count). The topological polar surface area (TPSA) is 105 Å². The highest BCUT2D eigenvalue weighted by Gasteiger charge is 2.33. The zero-order chi connectivity index (χ0) is 32.9. The summed E-state index contributed by atoms with van der Waals surface area (Å²) in [5.74, 6) is 0.327. The second-order valence-corrected chi connectivity index (χ2v) is 12.8. The summed E-state index contributed by atoms with van der Waals surface area (Å²) >= 11 is 0. The monoisotopic (exact) mass is 643 g/mol. The van der Waals surface area contributed by atoms with Crippen LogP contribution in [0.25, 0.3) is 0 Å². The predicted octanol–water partition coefficient (Wildman–Crippen LogP) is 5.21. The van der Waals surface area contributed by atoms with E-state index in [1.54, 1.807) is 43.5 Å². The first kappa shape index (κ1) is 34.1. The summed E-state index contributed by atoms with van der Waals surface area (Å²) < 4.78 is 38.5. The van der Waals surface area contributed by atoms with E-state index in [2.05, 4.69) is 5.32 Å². The minimum Gasteiger partial charge on any atom is -0.497 e. The number of carbonyl (C=O) groups is 2. The number of nitrogens with one attached hydrogen (secondary N) is 1. The highest BCUT2D eigenvalue weighted by atomic mass is 32.2. The lowest BCUT2D eigenvalue weighted by Crippen LogP contribution is -2.53. The SMILES string of the molecule is CCCNC(=O)[C@@H](Cc1ccccc1)N(Cc1cccc(OC)c1)C(=O)CN(c1ccc(OCc2ccccc2)cc1)S(C)(=O)=O. The molecule has 0 radical (unpaired) electrons. The molecule has 9 nitrogen and oxygen atoms in total. The Morgan fingerprint density at radius 3 is 2.04 bits per heavy atom. The Bertz CT molecular complexity index is 1670. The van der Waals surface area contributed by atoms with Crippen molar-refractivity contribution in [1.82, 2.24) is 10.2 Å². The third-order valence-corrected chi connectivity index (χ3v) is 8.50. The predicted molar refractivity (Wildman–Crippen MR) is 180 cm³/mol. The lowest BCUT2D eigenvalue weighted by Gasteiger charge is -2.33. The fourth-order valence-corrected chi connectivity index (χ4v) is 5.80. The van der Waals surface area contributed by atoms with E-state index in [-0.39, 0.29) is 18.9 Å². The van der Waals surface area contributed by atoms with Gasteiger partial charge in [-0.3, -0.25) is 13.9 Å². The Kier molecular flexibility index (Phi) is 12.2. The molecule has 0 saturated carbocycles. The summed E-state index contributed by atoms with van der Waals surface area (Å²) in [6.07, 6.45) is 2.03. The van der Waals surface area contributed by atoms with Gasteiger partial charge in [-0.15, -0.1) is 0 Å². The molecule has 46 heavy (non-hydrogen) atoms. The summed E-state index contributed by atoms with van der Waals surface area (Å²) in [4.78, 5) is 29.4. The second kappa shape index (κ2) is 16.5. The minimum atomic E-state index is -3.89. The Hall–Kier alpha value is -4.83. The van der Waals surface area contributed by atoms with Crippen molar-refractivity contribution in [2.24, 2.45) is 0 Å². The van der Waals surface area contributed by atoms with E-state index in [4.69, 9.17) is 9.47 Å². The summed E-state index contributed by atoms with van der Waals surface area (Å²) in [6, 6.07) is 32.0. The van der Waals surface area contributed by atoms with Gasteiger partial charge in [0.15, 0.2) is 0 Å². The van der Waals surface area contributed by atoms with Crippen LogP contribution in [0.1, 0.15) is 30.0 Å². The van der Waals surface area contributed by atoms with Gasteiger partial charge in [-0.2, -0.15) is 0 Å². The van der Waals surface area contributed by atoms with Crippen LogP contribution in [0.4, 0.5) is 5.69 Å². The average Bonchev–Trinajstić information content (AvgIpc) is 3.07. The maximum Gasteiger partial charge on any atom is 0.244 e. The van der Waals surface area contributed by atoms with E-state index in [1.165, 1.54) is 4.90 Å². The number of sulfonamides is 1. The maximum atomic E-state index is 14.3. The highest BCUT2D eigenvalue weighted by molar-refractivity contribution is 7.92. The molecule has 0 aromatic heterocycles. The number of rotatable bonds is 16. The van der Waals surface area contributed by atoms with Crippen LogP contribution in [0.2, 0.25) is 0 Å². The van der Waals surface area contributed by atoms with Crippen LogP contribution in [-0.4, -0.2) is 57.6 Å². The van der Waals surface area contributed by atoms with Crippen LogP contribution in [0.3, 0.4) is 0 Å². The normalized spacial score (nSPS) is 11.7. The fraction of sp³-hybridized carbons (Fsp3) is 0.278. The molecule has 0 bridgehead atoms. The summed E-state index contributed by atoms with van der Waals surface area (Å²) in [5.41, 5.74) is 2.91. The number of methoxy groups -OCH3 is 1. The maximum absolute atomic E-state index is 14.3. The molecule has 0 heterocycles. The summed E-state index contributed by atoms with van der Waals surface area (Å²) in [6.45, 7) is 2.32. The van der Waals surface area contributed by atoms with Crippen molar-refractivity contribution in [2.45, 2.75) is 39.0 Å². The van der Waals surface area contributed by atoms with Gasteiger partial charge in [0.05, 0.1) is 19.1 Å². The van der Waals surface area contributed by atoms with Crippen molar-refractivity contribution in [1.29, 1.82) is 0 Å². The molecular weight excluding hydrogens is 602 g/mol. The number of ether oxygens (including phenoxy) is 2. The number of hydrogen-bond donors (Lipinski definition) is 1. The van der Waals surface area contributed by atoms with E-state index < -0.39 is 28.5 Å². The van der Waals surface area contributed by atoms with Crippen LogP contribution in [0, 0.1) is 0 Å². The molecule has 1 N–H and O–H groups in total. The summed E-state index contributed by atoms with van der Waals surface area (Å²) in [7, 11) is -2.34. The smallest absolute Gasteiger partial charge is 0.244 e. The average molecular weight is 644 g/mol. The second-order valence-electron chi connectivity index (χ2n) is 10.9. The lowest BCUT2D eigenvalue weighted by molar-refractivity contribution is -0.140. The third kappa shape index (κ3) is 9.84. The van der Waals surface area contributed by atoms with E-state index in [0.717, 1.165) is 33.7 Å². The van der Waals surface area contributed by atoms with Crippen LogP contribution in [-0.2, 0) is 39.2 Å². The van der Waals surface area contributed by atoms with E-state index >= 15 is 0 Å². The highest BCUT2D eigenvalue weighted by Crippen LogP contribution is 2.24. The molecule has 0 aliphatic heterocycles. The Balaban J connectivity index is 1.64. The number of anilines is 1. The molecule has 4 aromatic carbocycles. The van der Waals surface area contributed by atoms with E-state index in [0.29, 0.717) is 30.3 Å². The lowest BCUT2D eigenvalue weighted by atomic mass is 10.0. The van der Waals surface area contributed by atoms with Crippen molar-refractivity contribution < 1.29 is 27.5 Å². The molecule has 0 fully saturated rings. The number of benzene rings is 4. The van der Waals surface area contributed by atoms with Gasteiger partial charge in [0.1, 0.15) is 30.7 Å². The van der Waals surface area contributed by atoms with Crippen molar-refractivity contribution in [2.75, 3.05) is 30.8 Å². The van der Waals surface area contributed by atoms with Gasteiger partial charge in [0.2, 0.25) is 21.8 Å². The van der Waals surface area contributed by atoms with Gasteiger partial charge < -0.3 is 19.7 Å². The van der Waals surface area contributed by atoms with Gasteiger partial charge in [-0.25, -0.2) is 8.42 Å². The number of carbonyl (C=O) groups excluding carboxylic acids is 2. The molecule has 0 saturated heterocycles.